The summed E-state index contributed by atoms with van der Waals surface area (Å²) in [6.45, 7) is 2.14. The van der Waals surface area contributed by atoms with Crippen LogP contribution in [0, 0.1) is 0 Å². The fraction of sp³-hybridized carbons (Fsp3) is 0.250. The highest BCUT2D eigenvalue weighted by atomic mass is 35.5. The number of halogens is 1. The number of hydrogen-bond donors (Lipinski definition) is 1. The van der Waals surface area contributed by atoms with Gasteiger partial charge in [-0.1, -0.05) is 11.6 Å². The Hall–Kier alpha value is -1.07. The Balaban J connectivity index is 2.40. The lowest BCUT2D eigenvalue weighted by atomic mass is 10.4. The van der Waals surface area contributed by atoms with Crippen LogP contribution in [-0.2, 0) is 4.74 Å². The third-order valence-corrected chi connectivity index (χ3v) is 2.98. The highest BCUT2D eigenvalue weighted by Gasteiger charge is 2.14. The van der Waals surface area contributed by atoms with E-state index >= 15 is 0 Å². The number of carbonyl (C=O) groups excluding carboxylic acids is 1. The van der Waals surface area contributed by atoms with E-state index in [1.807, 2.05) is 0 Å². The lowest BCUT2D eigenvalue weighted by Crippen LogP contribution is -2.01. The topological polar surface area (TPSA) is 55.0 Å². The summed E-state index contributed by atoms with van der Waals surface area (Å²) in [5.41, 5.74) is 0. The number of H-pyrrole nitrogens is 1. The molecular weight excluding hydrogens is 224 g/mol. The standard InChI is InChI=1S/C8H7ClN2O2S/c1-2-13-8(12)5-3-4-6(9)10-11-7(4)14-5/h3H,2H2,1H3,(H,10,11). The summed E-state index contributed by atoms with van der Waals surface area (Å²) < 4.78 is 4.86. The molecule has 74 valence electrons. The number of nitrogens with one attached hydrogen (secondary N) is 1. The van der Waals surface area contributed by atoms with E-state index in [9.17, 15) is 4.79 Å². The van der Waals surface area contributed by atoms with E-state index in [1.165, 1.54) is 11.3 Å². The van der Waals surface area contributed by atoms with Crippen LogP contribution in [-0.4, -0.2) is 22.8 Å². The lowest BCUT2D eigenvalue weighted by Gasteiger charge is -1.95. The minimum Gasteiger partial charge on any atom is -0.462 e. The van der Waals surface area contributed by atoms with Crippen molar-refractivity contribution in [1.29, 1.82) is 0 Å². The van der Waals surface area contributed by atoms with Crippen LogP contribution in [0.25, 0.3) is 10.2 Å². The smallest absolute Gasteiger partial charge is 0.348 e. The summed E-state index contributed by atoms with van der Waals surface area (Å²) in [7, 11) is 0. The largest absolute Gasteiger partial charge is 0.462 e. The molecule has 14 heavy (non-hydrogen) atoms. The van der Waals surface area contributed by atoms with E-state index in [2.05, 4.69) is 10.2 Å². The maximum absolute atomic E-state index is 11.3. The normalized spacial score (nSPS) is 10.7. The Morgan fingerprint density at radius 1 is 1.79 bits per heavy atom. The van der Waals surface area contributed by atoms with Crippen molar-refractivity contribution in [3.63, 3.8) is 0 Å². The van der Waals surface area contributed by atoms with Gasteiger partial charge in [0.15, 0.2) is 0 Å². The Morgan fingerprint density at radius 3 is 3.21 bits per heavy atom. The van der Waals surface area contributed by atoms with E-state index in [-0.39, 0.29) is 5.97 Å². The second kappa shape index (κ2) is 3.59. The highest BCUT2D eigenvalue weighted by molar-refractivity contribution is 7.20. The maximum Gasteiger partial charge on any atom is 0.348 e. The van der Waals surface area contributed by atoms with E-state index in [0.29, 0.717) is 16.6 Å². The van der Waals surface area contributed by atoms with Gasteiger partial charge in [0.1, 0.15) is 14.9 Å². The van der Waals surface area contributed by atoms with Crippen LogP contribution in [0.2, 0.25) is 5.15 Å². The van der Waals surface area contributed by atoms with Gasteiger partial charge in [0.2, 0.25) is 0 Å². The van der Waals surface area contributed by atoms with E-state index in [1.54, 1.807) is 13.0 Å². The van der Waals surface area contributed by atoms with Crippen molar-refractivity contribution in [3.05, 3.63) is 16.1 Å². The van der Waals surface area contributed by atoms with Gasteiger partial charge >= 0.3 is 5.97 Å². The van der Waals surface area contributed by atoms with Crippen LogP contribution < -0.4 is 0 Å². The van der Waals surface area contributed by atoms with Crippen LogP contribution in [0.15, 0.2) is 6.07 Å². The quantitative estimate of drug-likeness (QED) is 0.807. The Labute approximate surface area is 88.8 Å². The van der Waals surface area contributed by atoms with Gasteiger partial charge in [0, 0.05) is 0 Å². The molecule has 2 rings (SSSR count). The molecule has 0 saturated carbocycles. The van der Waals surface area contributed by atoms with Crippen molar-refractivity contribution < 1.29 is 9.53 Å². The number of esters is 1. The maximum atomic E-state index is 11.3. The second-order valence-corrected chi connectivity index (χ2v) is 4.00. The molecule has 0 radical (unpaired) electrons. The number of aromatic nitrogens is 2. The third kappa shape index (κ3) is 1.49. The van der Waals surface area contributed by atoms with Gasteiger partial charge in [-0.05, 0) is 13.0 Å². The first kappa shape index (κ1) is 9.48. The van der Waals surface area contributed by atoms with Gasteiger partial charge in [-0.15, -0.1) is 11.3 Å². The number of carbonyl (C=O) groups is 1. The molecule has 0 aliphatic rings. The summed E-state index contributed by atoms with van der Waals surface area (Å²) in [5.74, 6) is -0.327. The number of nitrogens with zero attached hydrogens (tertiary/aromatic N) is 1. The molecule has 0 unspecified atom stereocenters. The monoisotopic (exact) mass is 230 g/mol. The van der Waals surface area contributed by atoms with Gasteiger partial charge in [-0.3, -0.25) is 5.10 Å². The molecule has 0 saturated heterocycles. The number of ether oxygens (including phenoxy) is 1. The van der Waals surface area contributed by atoms with Crippen molar-refractivity contribution in [3.8, 4) is 0 Å². The molecular formula is C8H7ClN2O2S. The van der Waals surface area contributed by atoms with Crippen LogP contribution in [0.4, 0.5) is 0 Å². The average molecular weight is 231 g/mol. The second-order valence-electron chi connectivity index (χ2n) is 2.59. The van der Waals surface area contributed by atoms with Crippen LogP contribution in [0.3, 0.4) is 0 Å². The first-order valence-corrected chi connectivity index (χ1v) is 5.22. The van der Waals surface area contributed by atoms with Gasteiger partial charge < -0.3 is 4.74 Å². The highest BCUT2D eigenvalue weighted by Crippen LogP contribution is 2.29. The molecule has 0 aliphatic heterocycles. The number of aromatic amines is 1. The van der Waals surface area contributed by atoms with E-state index in [0.717, 1.165) is 10.2 Å². The Bertz CT molecular complexity index is 477. The van der Waals surface area contributed by atoms with Crippen molar-refractivity contribution in [2.75, 3.05) is 6.61 Å². The first-order chi connectivity index (χ1) is 6.72. The minimum absolute atomic E-state index is 0.327. The van der Waals surface area contributed by atoms with Crippen molar-refractivity contribution in [1.82, 2.24) is 10.2 Å². The average Bonchev–Trinajstić information content (AvgIpc) is 2.69. The molecule has 0 atom stereocenters. The number of thiophene rings is 1. The van der Waals surface area contributed by atoms with Crippen molar-refractivity contribution in [2.24, 2.45) is 0 Å². The fourth-order valence-electron chi connectivity index (χ4n) is 1.08. The molecule has 0 fully saturated rings. The predicted molar refractivity (Wildman–Crippen MR) is 54.9 cm³/mol. The molecule has 0 aromatic carbocycles. The lowest BCUT2D eigenvalue weighted by molar-refractivity contribution is 0.0532. The van der Waals surface area contributed by atoms with E-state index in [4.69, 9.17) is 16.3 Å². The first-order valence-electron chi connectivity index (χ1n) is 4.03. The molecule has 4 nitrogen and oxygen atoms in total. The van der Waals surface area contributed by atoms with Crippen molar-refractivity contribution >= 4 is 39.1 Å². The summed E-state index contributed by atoms with van der Waals surface area (Å²) >= 11 is 7.07. The molecule has 2 heterocycles. The van der Waals surface area contributed by atoms with Crippen LogP contribution >= 0.6 is 22.9 Å². The zero-order valence-corrected chi connectivity index (χ0v) is 8.91. The Morgan fingerprint density at radius 2 is 2.57 bits per heavy atom. The van der Waals surface area contributed by atoms with Gasteiger partial charge in [0.05, 0.1) is 12.0 Å². The van der Waals surface area contributed by atoms with Crippen LogP contribution in [0.1, 0.15) is 16.6 Å². The summed E-state index contributed by atoms with van der Waals surface area (Å²) in [6, 6.07) is 1.68. The van der Waals surface area contributed by atoms with Gasteiger partial charge in [-0.25, -0.2) is 4.79 Å². The van der Waals surface area contributed by atoms with Gasteiger partial charge in [0.25, 0.3) is 0 Å². The molecule has 1 N–H and O–H groups in total. The number of rotatable bonds is 2. The van der Waals surface area contributed by atoms with Gasteiger partial charge in [-0.2, -0.15) is 5.10 Å². The molecule has 0 spiro atoms. The zero-order valence-electron chi connectivity index (χ0n) is 7.33. The third-order valence-electron chi connectivity index (χ3n) is 1.68. The molecule has 6 heteroatoms. The summed E-state index contributed by atoms with van der Waals surface area (Å²) in [5, 5.41) is 7.78. The molecule has 2 aromatic rings. The molecule has 2 aromatic heterocycles. The molecule has 0 aliphatic carbocycles. The molecule has 0 bridgehead atoms. The van der Waals surface area contributed by atoms with Crippen LogP contribution in [0.5, 0.6) is 0 Å². The Kier molecular flexibility index (Phi) is 2.43. The summed E-state index contributed by atoms with van der Waals surface area (Å²) in [4.78, 5) is 12.6. The number of hydrogen-bond acceptors (Lipinski definition) is 4. The van der Waals surface area contributed by atoms with E-state index < -0.39 is 0 Å². The zero-order chi connectivity index (χ0) is 10.1. The predicted octanol–water partition coefficient (Wildman–Crippen LogP) is 2.45. The molecule has 0 amide bonds. The minimum atomic E-state index is -0.327. The number of fused-ring (bicyclic) bond motifs is 1. The SMILES string of the molecule is CCOC(=O)c1cc2c(Cl)[nH]nc2s1. The fourth-order valence-corrected chi connectivity index (χ4v) is 2.22. The van der Waals surface area contributed by atoms with Crippen molar-refractivity contribution in [2.45, 2.75) is 6.92 Å². The summed E-state index contributed by atoms with van der Waals surface area (Å²) in [6.07, 6.45) is 0.